The molecule has 1 aliphatic rings. The second-order valence-electron chi connectivity index (χ2n) is 8.98. The molecule has 5 rings (SSSR count). The number of pyridine rings is 2. The van der Waals surface area contributed by atoms with Crippen LogP contribution in [0.2, 0.25) is 0 Å². The molecular formula is C28H31ClN4. The highest BCUT2D eigenvalue weighted by Gasteiger charge is 2.38. The zero-order valence-corrected chi connectivity index (χ0v) is 19.9. The van der Waals surface area contributed by atoms with Gasteiger partial charge in [-0.2, -0.15) is 0 Å². The van der Waals surface area contributed by atoms with Gasteiger partial charge in [0.2, 0.25) is 0 Å². The van der Waals surface area contributed by atoms with Crippen molar-refractivity contribution in [3.05, 3.63) is 78.4 Å². The first-order valence-electron chi connectivity index (χ1n) is 11.7. The molecule has 2 heterocycles. The number of nitrogens with zero attached hydrogens (tertiary/aromatic N) is 2. The van der Waals surface area contributed by atoms with E-state index in [2.05, 4.69) is 78.6 Å². The average Bonchev–Trinajstić information content (AvgIpc) is 2.82. The molecule has 0 bridgehead atoms. The van der Waals surface area contributed by atoms with Crippen molar-refractivity contribution in [3.8, 4) is 22.4 Å². The number of quaternary nitrogens is 1. The zero-order valence-electron chi connectivity index (χ0n) is 19.2. The second kappa shape index (κ2) is 9.90. The van der Waals surface area contributed by atoms with Gasteiger partial charge in [-0.3, -0.25) is 0 Å². The summed E-state index contributed by atoms with van der Waals surface area (Å²) in [6.45, 7) is 3.13. The topological polar surface area (TPSA) is 65.5 Å². The molecule has 0 radical (unpaired) electrons. The van der Waals surface area contributed by atoms with Crippen molar-refractivity contribution in [1.82, 2.24) is 9.97 Å². The Bertz CT molecular complexity index is 1220. The van der Waals surface area contributed by atoms with Crippen LogP contribution in [0.5, 0.6) is 0 Å². The number of nitrogens with one attached hydrogen (secondary N) is 1. The van der Waals surface area contributed by atoms with Gasteiger partial charge in [0.15, 0.2) is 0 Å². The zero-order chi connectivity index (χ0) is 22.0. The minimum Gasteiger partial charge on any atom is -1.00 e. The van der Waals surface area contributed by atoms with Gasteiger partial charge in [0.1, 0.15) is 11.4 Å². The third-order valence-electron chi connectivity index (χ3n) is 6.67. The van der Waals surface area contributed by atoms with E-state index in [1.807, 2.05) is 12.1 Å². The summed E-state index contributed by atoms with van der Waals surface area (Å²) >= 11 is 0. The van der Waals surface area contributed by atoms with Gasteiger partial charge >= 0.3 is 0 Å². The van der Waals surface area contributed by atoms with Crippen LogP contribution in [-0.2, 0) is 5.54 Å². The molecule has 4 aromatic rings. The molecule has 4 nitrogen and oxygen atoms in total. The third kappa shape index (κ3) is 4.73. The van der Waals surface area contributed by atoms with E-state index in [1.165, 1.54) is 24.8 Å². The average molecular weight is 459 g/mol. The van der Waals surface area contributed by atoms with Gasteiger partial charge in [-0.05, 0) is 36.6 Å². The smallest absolute Gasteiger partial charge is 0.126 e. The molecule has 0 amide bonds. The monoisotopic (exact) mass is 458 g/mol. The van der Waals surface area contributed by atoms with E-state index in [-0.39, 0.29) is 17.9 Å². The number of rotatable bonds is 7. The summed E-state index contributed by atoms with van der Waals surface area (Å²) in [6.07, 6.45) is 5.93. The normalized spacial score (nSPS) is 14.4. The van der Waals surface area contributed by atoms with Gasteiger partial charge in [0.05, 0.1) is 16.7 Å². The van der Waals surface area contributed by atoms with Crippen LogP contribution in [0, 0.1) is 0 Å². The summed E-state index contributed by atoms with van der Waals surface area (Å²) in [5, 5.41) is 3.43. The molecule has 2 aromatic carbocycles. The van der Waals surface area contributed by atoms with Crippen LogP contribution in [0.4, 0.5) is 5.82 Å². The van der Waals surface area contributed by atoms with Crippen LogP contribution in [0.1, 0.15) is 44.6 Å². The fourth-order valence-corrected chi connectivity index (χ4v) is 4.48. The minimum absolute atomic E-state index is 0. The Labute approximate surface area is 202 Å². The van der Waals surface area contributed by atoms with Crippen molar-refractivity contribution in [2.24, 2.45) is 0 Å². The van der Waals surface area contributed by atoms with E-state index >= 15 is 0 Å². The predicted molar refractivity (Wildman–Crippen MR) is 132 cm³/mol. The number of hydrogen-bond acceptors (Lipinski definition) is 3. The van der Waals surface area contributed by atoms with E-state index in [1.54, 1.807) is 0 Å². The Balaban J connectivity index is 0.00000259. The number of hydrogen-bond donors (Lipinski definition) is 2. The lowest BCUT2D eigenvalue weighted by Gasteiger charge is -2.34. The molecule has 0 spiro atoms. The van der Waals surface area contributed by atoms with E-state index < -0.39 is 0 Å². The second-order valence-corrected chi connectivity index (χ2v) is 8.98. The van der Waals surface area contributed by atoms with Crippen LogP contribution in [0.3, 0.4) is 0 Å². The van der Waals surface area contributed by atoms with Gasteiger partial charge in [0, 0.05) is 36.1 Å². The minimum atomic E-state index is 0. The summed E-state index contributed by atoms with van der Waals surface area (Å²) in [4.78, 5) is 9.93. The Morgan fingerprint density at radius 3 is 2.30 bits per heavy atom. The summed E-state index contributed by atoms with van der Waals surface area (Å²) < 4.78 is 0. The number of aromatic nitrogens is 2. The maximum Gasteiger partial charge on any atom is 0.126 e. The van der Waals surface area contributed by atoms with E-state index in [9.17, 15) is 0 Å². The Morgan fingerprint density at radius 1 is 0.879 bits per heavy atom. The Hall–Kier alpha value is -2.95. The molecule has 0 aliphatic heterocycles. The van der Waals surface area contributed by atoms with Crippen molar-refractivity contribution in [2.45, 2.75) is 44.6 Å². The molecule has 1 saturated carbocycles. The van der Waals surface area contributed by atoms with Gasteiger partial charge in [-0.25, -0.2) is 9.97 Å². The SMILES string of the molecule is CCCCNc1ccc2nc(-c3ccc(C4([NH3+])CCC4)cc3)c(-c3ccccc3)cc2n1.[Cl-]. The summed E-state index contributed by atoms with van der Waals surface area (Å²) in [6, 6.07) is 25.6. The molecular weight excluding hydrogens is 428 g/mol. The molecule has 170 valence electrons. The van der Waals surface area contributed by atoms with Gasteiger partial charge < -0.3 is 23.5 Å². The highest BCUT2D eigenvalue weighted by Crippen LogP contribution is 2.38. The molecule has 0 atom stereocenters. The van der Waals surface area contributed by atoms with Crippen LogP contribution in [-0.4, -0.2) is 16.5 Å². The van der Waals surface area contributed by atoms with Gasteiger partial charge in [0.25, 0.3) is 0 Å². The maximum absolute atomic E-state index is 5.08. The third-order valence-corrected chi connectivity index (χ3v) is 6.67. The van der Waals surface area contributed by atoms with Crippen molar-refractivity contribution in [3.63, 3.8) is 0 Å². The number of anilines is 1. The predicted octanol–water partition coefficient (Wildman–Crippen LogP) is 2.80. The first kappa shape index (κ1) is 23.2. The molecule has 1 aliphatic carbocycles. The summed E-state index contributed by atoms with van der Waals surface area (Å²) in [5.74, 6) is 0.908. The highest BCUT2D eigenvalue weighted by molar-refractivity contribution is 5.90. The molecule has 4 N–H and O–H groups in total. The quantitative estimate of drug-likeness (QED) is 0.418. The number of fused-ring (bicyclic) bond motifs is 1. The van der Waals surface area contributed by atoms with E-state index in [4.69, 9.17) is 9.97 Å². The molecule has 5 heteroatoms. The lowest BCUT2D eigenvalue weighted by molar-refractivity contribution is -0.509. The van der Waals surface area contributed by atoms with Crippen LogP contribution in [0.25, 0.3) is 33.4 Å². The fourth-order valence-electron chi connectivity index (χ4n) is 4.48. The molecule has 2 aromatic heterocycles. The fraction of sp³-hybridized carbons (Fsp3) is 0.286. The maximum atomic E-state index is 5.08. The first-order valence-corrected chi connectivity index (χ1v) is 11.7. The number of halogens is 1. The van der Waals surface area contributed by atoms with Gasteiger partial charge in [-0.1, -0.05) is 67.9 Å². The largest absolute Gasteiger partial charge is 1.00 e. The summed E-state index contributed by atoms with van der Waals surface area (Å²) in [5.41, 5.74) is 12.1. The number of unbranched alkanes of at least 4 members (excludes halogenated alkanes) is 1. The standard InChI is InChI=1S/C28H30N4.ClH/c1-2-3-18-30-26-15-14-24-25(31-26)19-23(20-8-5-4-6-9-20)27(32-24)21-10-12-22(13-11-21)28(29)16-7-17-28;/h4-6,8-15,19H,2-3,7,16-18,29H2,1H3,(H,30,31);1H. The van der Waals surface area contributed by atoms with E-state index in [0.717, 1.165) is 58.6 Å². The van der Waals surface area contributed by atoms with Crippen molar-refractivity contribution < 1.29 is 18.1 Å². The Kier molecular flexibility index (Phi) is 6.96. The molecule has 33 heavy (non-hydrogen) atoms. The molecule has 1 fully saturated rings. The van der Waals surface area contributed by atoms with Crippen molar-refractivity contribution in [1.29, 1.82) is 0 Å². The first-order chi connectivity index (χ1) is 15.7. The number of benzene rings is 2. The molecule has 0 unspecified atom stereocenters. The van der Waals surface area contributed by atoms with Crippen LogP contribution < -0.4 is 23.5 Å². The van der Waals surface area contributed by atoms with Crippen LogP contribution in [0.15, 0.2) is 72.8 Å². The Morgan fingerprint density at radius 2 is 1.64 bits per heavy atom. The van der Waals surface area contributed by atoms with Crippen LogP contribution >= 0.6 is 0 Å². The van der Waals surface area contributed by atoms with Crippen molar-refractivity contribution >= 4 is 16.9 Å². The molecule has 0 saturated heterocycles. The lowest BCUT2D eigenvalue weighted by atomic mass is 9.72. The van der Waals surface area contributed by atoms with Gasteiger partial charge in [-0.15, -0.1) is 0 Å². The lowest BCUT2D eigenvalue weighted by Crippen LogP contribution is -3.00. The van der Waals surface area contributed by atoms with E-state index in [0.29, 0.717) is 0 Å². The highest BCUT2D eigenvalue weighted by atomic mass is 35.5. The summed E-state index contributed by atoms with van der Waals surface area (Å²) in [7, 11) is 0. The van der Waals surface area contributed by atoms with Crippen molar-refractivity contribution in [2.75, 3.05) is 11.9 Å².